The quantitative estimate of drug-likeness (QED) is 0.559. The van der Waals surface area contributed by atoms with Crippen LogP contribution in [0.3, 0.4) is 0 Å². The normalized spacial score (nSPS) is 20.1. The third-order valence-electron chi connectivity index (χ3n) is 1.16. The molecule has 0 unspecified atom stereocenters. The molecule has 0 aliphatic heterocycles. The summed E-state index contributed by atoms with van der Waals surface area (Å²) in [4.78, 5) is 0. The van der Waals surface area contributed by atoms with Crippen LogP contribution in [0.25, 0.3) is 0 Å². The van der Waals surface area contributed by atoms with Gasteiger partial charge in [-0.15, -0.1) is 0 Å². The van der Waals surface area contributed by atoms with E-state index in [1.165, 1.54) is 18.6 Å². The summed E-state index contributed by atoms with van der Waals surface area (Å²) >= 11 is 1.83. The lowest BCUT2D eigenvalue weighted by molar-refractivity contribution is 0.995. The predicted molar refractivity (Wildman–Crippen MR) is 34.2 cm³/mol. The largest absolute Gasteiger partial charge is 0.267 e. The summed E-state index contributed by atoms with van der Waals surface area (Å²) in [5.74, 6) is 2.37. The molecule has 0 aromatic carbocycles. The Morgan fingerprint density at radius 3 is 2.86 bits per heavy atom. The van der Waals surface area contributed by atoms with E-state index < -0.39 is 0 Å². The van der Waals surface area contributed by atoms with Crippen molar-refractivity contribution in [2.45, 2.75) is 12.8 Å². The van der Waals surface area contributed by atoms with Gasteiger partial charge in [-0.3, -0.25) is 4.72 Å². The van der Waals surface area contributed by atoms with E-state index in [9.17, 15) is 0 Å². The third-order valence-corrected chi connectivity index (χ3v) is 2.09. The Bertz CT molecular complexity index is 52.0. The Morgan fingerprint density at radius 1 is 1.71 bits per heavy atom. The van der Waals surface area contributed by atoms with Gasteiger partial charge >= 0.3 is 0 Å². The zero-order valence-electron chi connectivity index (χ0n) is 4.61. The summed E-state index contributed by atoms with van der Waals surface area (Å²) in [5, 5.41) is 0. The lowest BCUT2D eigenvalue weighted by Gasteiger charge is -1.91. The van der Waals surface area contributed by atoms with Gasteiger partial charge in [0.2, 0.25) is 0 Å². The molecule has 0 amide bonds. The van der Waals surface area contributed by atoms with Crippen molar-refractivity contribution in [1.29, 1.82) is 0 Å². The van der Waals surface area contributed by atoms with Crippen LogP contribution >= 0.6 is 11.9 Å². The van der Waals surface area contributed by atoms with Crippen molar-refractivity contribution >= 4 is 11.9 Å². The molecule has 1 N–H and O–H groups in total. The van der Waals surface area contributed by atoms with E-state index in [1.807, 2.05) is 19.0 Å². The van der Waals surface area contributed by atoms with E-state index >= 15 is 0 Å². The van der Waals surface area contributed by atoms with Gasteiger partial charge in [-0.1, -0.05) is 11.9 Å². The zero-order chi connectivity index (χ0) is 5.11. The Morgan fingerprint density at radius 2 is 2.43 bits per heavy atom. The van der Waals surface area contributed by atoms with Crippen molar-refractivity contribution in [3.63, 3.8) is 0 Å². The van der Waals surface area contributed by atoms with Crippen LogP contribution in [-0.4, -0.2) is 12.8 Å². The maximum Gasteiger partial charge on any atom is 0.0107 e. The van der Waals surface area contributed by atoms with E-state index in [4.69, 9.17) is 0 Å². The van der Waals surface area contributed by atoms with Crippen LogP contribution < -0.4 is 4.72 Å². The third kappa shape index (κ3) is 2.19. The minimum atomic E-state index is 1.05. The first kappa shape index (κ1) is 5.45. The highest BCUT2D eigenvalue weighted by atomic mass is 32.2. The standard InChI is InChI=1S/C5H11NS/c1-6-7-4-5-2-3-5/h5-6H,2-4H2,1H3. The zero-order valence-corrected chi connectivity index (χ0v) is 5.42. The van der Waals surface area contributed by atoms with Gasteiger partial charge < -0.3 is 0 Å². The summed E-state index contributed by atoms with van der Waals surface area (Å²) in [6, 6.07) is 0. The van der Waals surface area contributed by atoms with Crippen LogP contribution in [0, 0.1) is 5.92 Å². The van der Waals surface area contributed by atoms with E-state index in [-0.39, 0.29) is 0 Å². The van der Waals surface area contributed by atoms with E-state index in [2.05, 4.69) is 4.72 Å². The topological polar surface area (TPSA) is 12.0 Å². The summed E-state index contributed by atoms with van der Waals surface area (Å²) in [5.41, 5.74) is 0. The molecule has 0 atom stereocenters. The van der Waals surface area contributed by atoms with E-state index in [0.717, 1.165) is 5.92 Å². The minimum Gasteiger partial charge on any atom is -0.267 e. The van der Waals surface area contributed by atoms with Gasteiger partial charge in [-0.2, -0.15) is 0 Å². The van der Waals surface area contributed by atoms with Crippen molar-refractivity contribution < 1.29 is 0 Å². The van der Waals surface area contributed by atoms with Crippen molar-refractivity contribution in [3.05, 3.63) is 0 Å². The SMILES string of the molecule is CNSCC1CC1. The minimum absolute atomic E-state index is 1.05. The maximum absolute atomic E-state index is 3.06. The molecule has 0 aromatic rings. The molecule has 1 aliphatic rings. The van der Waals surface area contributed by atoms with Gasteiger partial charge in [0.15, 0.2) is 0 Å². The molecule has 2 heteroatoms. The lowest BCUT2D eigenvalue weighted by atomic mass is 10.5. The highest BCUT2D eigenvalue weighted by Gasteiger charge is 2.20. The highest BCUT2D eigenvalue weighted by molar-refractivity contribution is 7.97. The van der Waals surface area contributed by atoms with Gasteiger partial charge in [-0.25, -0.2) is 0 Å². The number of rotatable bonds is 3. The first-order chi connectivity index (χ1) is 3.43. The molecule has 1 fully saturated rings. The van der Waals surface area contributed by atoms with Gasteiger partial charge in [0.05, 0.1) is 0 Å². The number of hydrogen-bond acceptors (Lipinski definition) is 2. The van der Waals surface area contributed by atoms with E-state index in [0.29, 0.717) is 0 Å². The maximum atomic E-state index is 3.06. The van der Waals surface area contributed by atoms with Crippen molar-refractivity contribution in [2.24, 2.45) is 5.92 Å². The molecule has 0 bridgehead atoms. The van der Waals surface area contributed by atoms with Gasteiger partial charge in [0.1, 0.15) is 0 Å². The van der Waals surface area contributed by atoms with Gasteiger partial charge in [0, 0.05) is 5.75 Å². The van der Waals surface area contributed by atoms with Crippen LogP contribution in [0.1, 0.15) is 12.8 Å². The molecule has 1 saturated carbocycles. The average Bonchev–Trinajstić information content (AvgIpc) is 2.42. The van der Waals surface area contributed by atoms with Crippen LogP contribution in [0.15, 0.2) is 0 Å². The smallest absolute Gasteiger partial charge is 0.0107 e. The molecule has 1 aliphatic carbocycles. The fraction of sp³-hybridized carbons (Fsp3) is 1.00. The summed E-state index contributed by atoms with van der Waals surface area (Å²) in [6.07, 6.45) is 2.93. The Balaban J connectivity index is 1.80. The monoisotopic (exact) mass is 117 g/mol. The molecule has 0 saturated heterocycles. The summed E-state index contributed by atoms with van der Waals surface area (Å²) in [6.45, 7) is 0. The fourth-order valence-electron chi connectivity index (χ4n) is 0.486. The van der Waals surface area contributed by atoms with Crippen molar-refractivity contribution in [1.82, 2.24) is 4.72 Å². The second kappa shape index (κ2) is 2.58. The summed E-state index contributed by atoms with van der Waals surface area (Å²) < 4.78 is 3.06. The molecule has 7 heavy (non-hydrogen) atoms. The first-order valence-electron chi connectivity index (χ1n) is 2.72. The molecule has 42 valence electrons. The fourth-order valence-corrected chi connectivity index (χ4v) is 1.22. The van der Waals surface area contributed by atoms with Crippen LogP contribution in [0.5, 0.6) is 0 Å². The lowest BCUT2D eigenvalue weighted by Crippen LogP contribution is -1.94. The van der Waals surface area contributed by atoms with Crippen LogP contribution in [0.2, 0.25) is 0 Å². The molecular weight excluding hydrogens is 106 g/mol. The molecule has 0 spiro atoms. The van der Waals surface area contributed by atoms with Gasteiger partial charge in [0.25, 0.3) is 0 Å². The second-order valence-electron chi connectivity index (χ2n) is 1.96. The Kier molecular flexibility index (Phi) is 2.00. The molecule has 0 heterocycles. The van der Waals surface area contributed by atoms with E-state index in [1.54, 1.807) is 0 Å². The molecule has 1 rings (SSSR count). The van der Waals surface area contributed by atoms with Crippen LogP contribution in [-0.2, 0) is 0 Å². The predicted octanol–water partition coefficient (Wildman–Crippen LogP) is 1.26. The van der Waals surface area contributed by atoms with Crippen molar-refractivity contribution in [2.75, 3.05) is 12.8 Å². The highest BCUT2D eigenvalue weighted by Crippen LogP contribution is 2.31. The van der Waals surface area contributed by atoms with Crippen LogP contribution in [0.4, 0.5) is 0 Å². The van der Waals surface area contributed by atoms with Crippen molar-refractivity contribution in [3.8, 4) is 0 Å². The molecular formula is C5H11NS. The summed E-state index contributed by atoms with van der Waals surface area (Å²) in [7, 11) is 1.98. The molecule has 0 radical (unpaired) electrons. The molecule has 1 nitrogen and oxygen atoms in total. The molecule has 0 aromatic heterocycles. The second-order valence-corrected chi connectivity index (χ2v) is 2.99. The number of nitrogens with one attached hydrogen (secondary N) is 1. The Labute approximate surface area is 49.0 Å². The number of hydrogen-bond donors (Lipinski definition) is 1. The first-order valence-corrected chi connectivity index (χ1v) is 3.70. The van der Waals surface area contributed by atoms with Gasteiger partial charge in [-0.05, 0) is 25.8 Å². The Hall–Kier alpha value is 0.310. The average molecular weight is 117 g/mol.